The van der Waals surface area contributed by atoms with Crippen LogP contribution in [-0.4, -0.2) is 18.2 Å². The lowest BCUT2D eigenvalue weighted by Gasteiger charge is -2.19. The number of carboxylic acids is 1. The van der Waals surface area contributed by atoms with Crippen molar-refractivity contribution >= 4 is 11.5 Å². The zero-order valence-electron chi connectivity index (χ0n) is 13.9. The van der Waals surface area contributed by atoms with E-state index >= 15 is 0 Å². The number of rotatable bonds is 6. The lowest BCUT2D eigenvalue weighted by molar-refractivity contribution is -0.132. The Hall–Kier alpha value is -2.39. The van der Waals surface area contributed by atoms with Crippen LogP contribution in [0.5, 0.6) is 0 Å². The molecule has 0 amide bonds. The Bertz CT molecular complexity index is 747. The van der Waals surface area contributed by atoms with Crippen LogP contribution in [0.1, 0.15) is 29.5 Å². The second kappa shape index (κ2) is 7.45. The molecule has 0 saturated carbocycles. The summed E-state index contributed by atoms with van der Waals surface area (Å²) in [6, 6.07) is 18.3. The zero-order valence-corrected chi connectivity index (χ0v) is 13.9. The van der Waals surface area contributed by atoms with Gasteiger partial charge < -0.3 is 9.84 Å². The third kappa shape index (κ3) is 3.41. The van der Waals surface area contributed by atoms with Gasteiger partial charge in [-0.3, -0.25) is 0 Å². The summed E-state index contributed by atoms with van der Waals surface area (Å²) in [5.74, 6) is -0.565. The van der Waals surface area contributed by atoms with E-state index in [-0.39, 0.29) is 5.92 Å². The minimum absolute atomic E-state index is 0.233. The zero-order chi connectivity index (χ0) is 16.9. The quantitative estimate of drug-likeness (QED) is 0.861. The number of carbonyl (C=O) groups is 1. The molecular weight excluding hydrogens is 300 g/mol. The molecule has 0 aromatic heterocycles. The summed E-state index contributed by atoms with van der Waals surface area (Å²) >= 11 is 0. The number of ether oxygens (including phenoxy) is 1. The number of hydrogen-bond donors (Lipinski definition) is 1. The smallest absolute Gasteiger partial charge is 0.331 e. The number of methoxy groups -OCH3 is 1. The van der Waals surface area contributed by atoms with E-state index in [0.29, 0.717) is 18.6 Å². The van der Waals surface area contributed by atoms with Crippen LogP contribution in [-0.2, 0) is 22.6 Å². The molecule has 1 aliphatic rings. The van der Waals surface area contributed by atoms with Gasteiger partial charge in [-0.25, -0.2) is 4.79 Å². The summed E-state index contributed by atoms with van der Waals surface area (Å²) in [4.78, 5) is 11.8. The molecule has 3 rings (SSSR count). The molecule has 0 aliphatic heterocycles. The highest BCUT2D eigenvalue weighted by Gasteiger charge is 2.31. The maximum Gasteiger partial charge on any atom is 0.331 e. The molecule has 3 nitrogen and oxygen atoms in total. The molecule has 2 aromatic rings. The molecule has 124 valence electrons. The van der Waals surface area contributed by atoms with E-state index in [9.17, 15) is 9.90 Å². The summed E-state index contributed by atoms with van der Waals surface area (Å²) in [5, 5.41) is 9.66. The Kier molecular flexibility index (Phi) is 5.11. The first-order valence-electron chi connectivity index (χ1n) is 8.28. The Morgan fingerprint density at radius 2 is 1.83 bits per heavy atom. The predicted octanol–water partition coefficient (Wildman–Crippen LogP) is 4.32. The molecule has 1 unspecified atom stereocenters. The Morgan fingerprint density at radius 3 is 2.54 bits per heavy atom. The third-order valence-corrected chi connectivity index (χ3v) is 4.67. The number of benzene rings is 2. The van der Waals surface area contributed by atoms with E-state index in [1.807, 2.05) is 42.5 Å². The van der Waals surface area contributed by atoms with Crippen molar-refractivity contribution in [2.45, 2.75) is 25.9 Å². The van der Waals surface area contributed by atoms with Crippen LogP contribution >= 0.6 is 0 Å². The fourth-order valence-corrected chi connectivity index (χ4v) is 3.62. The van der Waals surface area contributed by atoms with Crippen LogP contribution in [0, 0.1) is 5.92 Å². The highest BCUT2D eigenvalue weighted by atomic mass is 16.5. The predicted molar refractivity (Wildman–Crippen MR) is 94.6 cm³/mol. The van der Waals surface area contributed by atoms with Gasteiger partial charge in [-0.2, -0.15) is 0 Å². The minimum atomic E-state index is -0.798. The van der Waals surface area contributed by atoms with Gasteiger partial charge in [0.2, 0.25) is 0 Å². The van der Waals surface area contributed by atoms with Gasteiger partial charge in [0.15, 0.2) is 0 Å². The SMILES string of the molecule is COCc1ccccc1C1=C(C(=O)O)CCC1Cc1ccccc1. The normalized spacial score (nSPS) is 17.3. The van der Waals surface area contributed by atoms with E-state index in [0.717, 1.165) is 29.5 Å². The number of aliphatic carboxylic acids is 1. The highest BCUT2D eigenvalue weighted by Crippen LogP contribution is 2.42. The van der Waals surface area contributed by atoms with Crippen LogP contribution in [0.2, 0.25) is 0 Å². The molecule has 0 radical (unpaired) electrons. The fourth-order valence-electron chi connectivity index (χ4n) is 3.62. The van der Waals surface area contributed by atoms with Gasteiger partial charge in [-0.05, 0) is 47.4 Å². The highest BCUT2D eigenvalue weighted by molar-refractivity contribution is 5.98. The van der Waals surface area contributed by atoms with Crippen molar-refractivity contribution in [1.29, 1.82) is 0 Å². The van der Waals surface area contributed by atoms with E-state index in [1.165, 1.54) is 5.56 Å². The van der Waals surface area contributed by atoms with Gasteiger partial charge in [-0.15, -0.1) is 0 Å². The molecule has 1 atom stereocenters. The van der Waals surface area contributed by atoms with Gasteiger partial charge >= 0.3 is 5.97 Å². The average molecular weight is 322 g/mol. The molecule has 0 fully saturated rings. The molecule has 0 bridgehead atoms. The van der Waals surface area contributed by atoms with Crippen LogP contribution in [0.25, 0.3) is 5.57 Å². The minimum Gasteiger partial charge on any atom is -0.478 e. The maximum atomic E-state index is 11.8. The Balaban J connectivity index is 2.02. The Morgan fingerprint density at radius 1 is 1.12 bits per heavy atom. The van der Waals surface area contributed by atoms with Crippen LogP contribution in [0.4, 0.5) is 0 Å². The lowest BCUT2D eigenvalue weighted by Crippen LogP contribution is -2.08. The van der Waals surface area contributed by atoms with Gasteiger partial charge in [0.05, 0.1) is 6.61 Å². The van der Waals surface area contributed by atoms with E-state index < -0.39 is 5.97 Å². The van der Waals surface area contributed by atoms with Crippen LogP contribution < -0.4 is 0 Å². The second-order valence-electron chi connectivity index (χ2n) is 6.21. The van der Waals surface area contributed by atoms with Crippen LogP contribution in [0.3, 0.4) is 0 Å². The van der Waals surface area contributed by atoms with Gasteiger partial charge in [-0.1, -0.05) is 54.6 Å². The molecule has 0 heterocycles. The number of hydrogen-bond acceptors (Lipinski definition) is 2. The first-order valence-corrected chi connectivity index (χ1v) is 8.28. The maximum absolute atomic E-state index is 11.8. The van der Waals surface area contributed by atoms with E-state index in [2.05, 4.69) is 12.1 Å². The van der Waals surface area contributed by atoms with Crippen molar-refractivity contribution in [2.75, 3.05) is 7.11 Å². The van der Waals surface area contributed by atoms with Crippen molar-refractivity contribution in [2.24, 2.45) is 5.92 Å². The van der Waals surface area contributed by atoms with Crippen molar-refractivity contribution < 1.29 is 14.6 Å². The molecule has 0 saturated heterocycles. The molecule has 0 spiro atoms. The molecule has 3 heteroatoms. The van der Waals surface area contributed by atoms with Crippen molar-refractivity contribution in [3.8, 4) is 0 Å². The summed E-state index contributed by atoms with van der Waals surface area (Å²) in [7, 11) is 1.67. The molecule has 1 N–H and O–H groups in total. The number of allylic oxidation sites excluding steroid dienone is 1. The molecule has 24 heavy (non-hydrogen) atoms. The topological polar surface area (TPSA) is 46.5 Å². The average Bonchev–Trinajstić information content (AvgIpc) is 3.00. The third-order valence-electron chi connectivity index (χ3n) is 4.67. The van der Waals surface area contributed by atoms with Gasteiger partial charge in [0, 0.05) is 12.7 Å². The van der Waals surface area contributed by atoms with Crippen molar-refractivity contribution in [3.63, 3.8) is 0 Å². The summed E-state index contributed by atoms with van der Waals surface area (Å²) in [5.41, 5.74) is 4.86. The van der Waals surface area contributed by atoms with Crippen LogP contribution in [0.15, 0.2) is 60.2 Å². The van der Waals surface area contributed by atoms with Crippen molar-refractivity contribution in [3.05, 3.63) is 76.9 Å². The van der Waals surface area contributed by atoms with E-state index in [1.54, 1.807) is 7.11 Å². The summed E-state index contributed by atoms with van der Waals surface area (Å²) in [6.45, 7) is 0.491. The van der Waals surface area contributed by atoms with Gasteiger partial charge in [0.1, 0.15) is 0 Å². The van der Waals surface area contributed by atoms with E-state index in [4.69, 9.17) is 4.74 Å². The first-order chi connectivity index (χ1) is 11.7. The van der Waals surface area contributed by atoms with Gasteiger partial charge in [0.25, 0.3) is 0 Å². The number of carboxylic acid groups (broad SMARTS) is 1. The second-order valence-corrected chi connectivity index (χ2v) is 6.21. The summed E-state index contributed by atoms with van der Waals surface area (Å²) < 4.78 is 5.31. The first kappa shape index (κ1) is 16.5. The molecule has 1 aliphatic carbocycles. The lowest BCUT2D eigenvalue weighted by atomic mass is 9.86. The standard InChI is InChI=1S/C21H22O3/c1-24-14-17-9-5-6-10-18(17)20-16(11-12-19(20)21(22)23)13-15-7-3-2-4-8-15/h2-10,16H,11-14H2,1H3,(H,22,23). The summed E-state index contributed by atoms with van der Waals surface area (Å²) in [6.07, 6.45) is 2.38. The van der Waals surface area contributed by atoms with Crippen molar-refractivity contribution in [1.82, 2.24) is 0 Å². The molecule has 2 aromatic carbocycles. The molecular formula is C21H22O3. The fraction of sp³-hybridized carbons (Fsp3) is 0.286. The Labute approximate surface area is 142 Å². The monoisotopic (exact) mass is 322 g/mol. The largest absolute Gasteiger partial charge is 0.478 e.